The van der Waals surface area contributed by atoms with Crippen molar-refractivity contribution in [1.29, 1.82) is 0 Å². The highest BCUT2D eigenvalue weighted by atomic mass is 19.4. The maximum absolute atomic E-state index is 13.3. The van der Waals surface area contributed by atoms with Crippen LogP contribution in [0.3, 0.4) is 0 Å². The number of nitrogens with zero attached hydrogens (tertiary/aromatic N) is 1. The summed E-state index contributed by atoms with van der Waals surface area (Å²) >= 11 is 0. The molecule has 0 fully saturated rings. The quantitative estimate of drug-likeness (QED) is 0.812. The Balaban J connectivity index is 2.42. The van der Waals surface area contributed by atoms with Gasteiger partial charge in [-0.05, 0) is 37.6 Å². The molecule has 6 heteroatoms. The molecular formula is C14H19F4NO. The number of aliphatic hydroxyl groups excluding tert-OH is 1. The van der Waals surface area contributed by atoms with E-state index >= 15 is 0 Å². The van der Waals surface area contributed by atoms with E-state index in [9.17, 15) is 22.7 Å². The first-order valence-electron chi connectivity index (χ1n) is 6.38. The lowest BCUT2D eigenvalue weighted by molar-refractivity contribution is -0.137. The first-order valence-corrected chi connectivity index (χ1v) is 6.38. The average molecular weight is 293 g/mol. The predicted octanol–water partition coefficient (Wildman–Crippen LogP) is 3.44. The fraction of sp³-hybridized carbons (Fsp3) is 0.571. The molecule has 0 aliphatic heterocycles. The zero-order valence-electron chi connectivity index (χ0n) is 11.5. The molecule has 0 radical (unpaired) electrons. The summed E-state index contributed by atoms with van der Waals surface area (Å²) in [6.07, 6.45) is -5.67. The molecule has 0 heterocycles. The Morgan fingerprint density at radius 1 is 1.25 bits per heavy atom. The van der Waals surface area contributed by atoms with Gasteiger partial charge in [0.15, 0.2) is 0 Å². The van der Waals surface area contributed by atoms with Gasteiger partial charge in [0.25, 0.3) is 0 Å². The van der Waals surface area contributed by atoms with Gasteiger partial charge in [-0.2, -0.15) is 13.2 Å². The lowest BCUT2D eigenvalue weighted by Gasteiger charge is -2.19. The molecule has 0 aromatic heterocycles. The van der Waals surface area contributed by atoms with E-state index in [2.05, 4.69) is 0 Å². The minimum absolute atomic E-state index is 0.113. The second-order valence-electron chi connectivity index (χ2n) is 4.98. The van der Waals surface area contributed by atoms with Crippen LogP contribution < -0.4 is 0 Å². The number of benzene rings is 1. The first-order chi connectivity index (χ1) is 9.19. The molecular weight excluding hydrogens is 274 g/mol. The Morgan fingerprint density at radius 3 is 2.45 bits per heavy atom. The van der Waals surface area contributed by atoms with E-state index in [-0.39, 0.29) is 13.0 Å². The molecule has 1 aromatic rings. The molecule has 0 amide bonds. The Kier molecular flexibility index (Phi) is 5.95. The third kappa shape index (κ3) is 5.88. The predicted molar refractivity (Wildman–Crippen MR) is 68.9 cm³/mol. The van der Waals surface area contributed by atoms with E-state index in [0.29, 0.717) is 17.7 Å². The van der Waals surface area contributed by atoms with Crippen LogP contribution in [0.1, 0.15) is 30.1 Å². The van der Waals surface area contributed by atoms with Crippen molar-refractivity contribution in [3.8, 4) is 0 Å². The van der Waals surface area contributed by atoms with Crippen molar-refractivity contribution in [2.45, 2.75) is 32.0 Å². The van der Waals surface area contributed by atoms with Crippen LogP contribution in [-0.4, -0.2) is 36.3 Å². The number of aliphatic hydroxyl groups is 1. The molecule has 0 bridgehead atoms. The molecule has 0 aliphatic carbocycles. The first kappa shape index (κ1) is 16.9. The van der Waals surface area contributed by atoms with E-state index in [0.717, 1.165) is 0 Å². The highest BCUT2D eigenvalue weighted by Crippen LogP contribution is 2.21. The van der Waals surface area contributed by atoms with Crippen molar-refractivity contribution in [1.82, 2.24) is 4.90 Å². The molecule has 1 unspecified atom stereocenters. The number of aryl methyl sites for hydroxylation is 1. The molecule has 20 heavy (non-hydrogen) atoms. The smallest absolute Gasteiger partial charge is 0.388 e. The van der Waals surface area contributed by atoms with Crippen molar-refractivity contribution in [3.05, 3.63) is 35.1 Å². The summed E-state index contributed by atoms with van der Waals surface area (Å²) in [7, 11) is 1.56. The number of rotatable bonds is 6. The van der Waals surface area contributed by atoms with E-state index in [1.807, 2.05) is 0 Å². The average Bonchev–Trinajstić information content (AvgIpc) is 2.36. The summed E-state index contributed by atoms with van der Waals surface area (Å²) in [5.74, 6) is -0.396. The summed E-state index contributed by atoms with van der Waals surface area (Å²) in [5, 5.41) is 9.90. The van der Waals surface area contributed by atoms with Gasteiger partial charge in [-0.1, -0.05) is 12.1 Å². The van der Waals surface area contributed by atoms with Gasteiger partial charge in [0.05, 0.1) is 12.5 Å². The van der Waals surface area contributed by atoms with Crippen LogP contribution in [0.5, 0.6) is 0 Å². The monoisotopic (exact) mass is 293 g/mol. The third-order valence-corrected chi connectivity index (χ3v) is 3.14. The van der Waals surface area contributed by atoms with Gasteiger partial charge in [-0.25, -0.2) is 4.39 Å². The van der Waals surface area contributed by atoms with E-state index in [1.54, 1.807) is 26.1 Å². The van der Waals surface area contributed by atoms with E-state index in [4.69, 9.17) is 0 Å². The third-order valence-electron chi connectivity index (χ3n) is 3.14. The molecule has 114 valence electrons. The fourth-order valence-electron chi connectivity index (χ4n) is 1.76. The summed E-state index contributed by atoms with van der Waals surface area (Å²) < 4.78 is 49.5. The topological polar surface area (TPSA) is 23.5 Å². The van der Waals surface area contributed by atoms with Crippen molar-refractivity contribution < 1.29 is 22.7 Å². The Labute approximate surface area is 116 Å². The molecule has 0 spiro atoms. The van der Waals surface area contributed by atoms with Gasteiger partial charge in [0, 0.05) is 13.1 Å². The maximum Gasteiger partial charge on any atom is 0.390 e. The highest BCUT2D eigenvalue weighted by Gasteiger charge is 2.27. The number of hydrogen-bond acceptors (Lipinski definition) is 2. The minimum atomic E-state index is -4.17. The van der Waals surface area contributed by atoms with Crippen LogP contribution in [0.15, 0.2) is 18.2 Å². The maximum atomic E-state index is 13.3. The van der Waals surface area contributed by atoms with Crippen LogP contribution in [0.2, 0.25) is 0 Å². The second-order valence-corrected chi connectivity index (χ2v) is 4.98. The van der Waals surface area contributed by atoms with Crippen LogP contribution in [0.4, 0.5) is 17.6 Å². The van der Waals surface area contributed by atoms with Gasteiger partial charge in [-0.15, -0.1) is 0 Å². The molecule has 0 aliphatic rings. The second kappa shape index (κ2) is 7.04. The van der Waals surface area contributed by atoms with Crippen LogP contribution in [0.25, 0.3) is 0 Å². The molecule has 1 rings (SSSR count). The summed E-state index contributed by atoms with van der Waals surface area (Å²) in [6.45, 7) is 1.82. The van der Waals surface area contributed by atoms with Gasteiger partial charge in [-0.3, -0.25) is 0 Å². The molecule has 1 N–H and O–H groups in total. The minimum Gasteiger partial charge on any atom is -0.388 e. The van der Waals surface area contributed by atoms with Gasteiger partial charge >= 0.3 is 6.18 Å². The van der Waals surface area contributed by atoms with Crippen molar-refractivity contribution in [3.63, 3.8) is 0 Å². The van der Waals surface area contributed by atoms with Crippen LogP contribution >= 0.6 is 0 Å². The van der Waals surface area contributed by atoms with E-state index < -0.39 is 24.5 Å². The zero-order chi connectivity index (χ0) is 15.3. The van der Waals surface area contributed by atoms with Gasteiger partial charge in [0.1, 0.15) is 5.82 Å². The summed E-state index contributed by atoms with van der Waals surface area (Å²) in [5.41, 5.74) is 0.931. The SMILES string of the molecule is Cc1ccc(C(O)CCN(C)CCC(F)(F)F)cc1F. The van der Waals surface area contributed by atoms with Crippen molar-refractivity contribution >= 4 is 0 Å². The summed E-state index contributed by atoms with van der Waals surface area (Å²) in [6, 6.07) is 4.45. The standard InChI is InChI=1S/C14H19F4NO/c1-10-3-4-11(9-12(10)15)13(20)5-7-19(2)8-6-14(16,17)18/h3-4,9,13,20H,5-8H2,1-2H3. The van der Waals surface area contributed by atoms with Crippen molar-refractivity contribution in [2.24, 2.45) is 0 Å². The molecule has 1 aromatic carbocycles. The lowest BCUT2D eigenvalue weighted by Crippen LogP contribution is -2.26. The number of alkyl halides is 3. The number of halogens is 4. The van der Waals surface area contributed by atoms with Crippen LogP contribution in [0, 0.1) is 12.7 Å². The largest absolute Gasteiger partial charge is 0.390 e. The zero-order valence-corrected chi connectivity index (χ0v) is 11.5. The number of hydrogen-bond donors (Lipinski definition) is 1. The fourth-order valence-corrected chi connectivity index (χ4v) is 1.76. The highest BCUT2D eigenvalue weighted by molar-refractivity contribution is 5.24. The lowest BCUT2D eigenvalue weighted by atomic mass is 10.0. The van der Waals surface area contributed by atoms with E-state index in [1.165, 1.54) is 11.0 Å². The Morgan fingerprint density at radius 2 is 1.90 bits per heavy atom. The molecule has 2 nitrogen and oxygen atoms in total. The van der Waals surface area contributed by atoms with Gasteiger partial charge in [0.2, 0.25) is 0 Å². The molecule has 0 saturated heterocycles. The van der Waals surface area contributed by atoms with Gasteiger partial charge < -0.3 is 10.0 Å². The molecule has 0 saturated carbocycles. The molecule has 1 atom stereocenters. The van der Waals surface area contributed by atoms with Crippen molar-refractivity contribution in [2.75, 3.05) is 20.1 Å². The Hall–Kier alpha value is -1.14. The normalized spacial score (nSPS) is 13.8. The Bertz CT molecular complexity index is 434. The summed E-state index contributed by atoms with van der Waals surface area (Å²) in [4.78, 5) is 1.50. The van der Waals surface area contributed by atoms with Crippen LogP contribution in [-0.2, 0) is 0 Å².